The van der Waals surface area contributed by atoms with Gasteiger partial charge in [-0.1, -0.05) is 18.2 Å². The van der Waals surface area contributed by atoms with E-state index in [4.69, 9.17) is 35.5 Å². The van der Waals surface area contributed by atoms with Gasteiger partial charge in [0.25, 0.3) is 0 Å². The van der Waals surface area contributed by atoms with Crippen molar-refractivity contribution in [3.05, 3.63) is 70.5 Å². The van der Waals surface area contributed by atoms with Crippen molar-refractivity contribution in [2.75, 3.05) is 6.54 Å². The Bertz CT molecular complexity index is 896. The minimum absolute atomic E-state index is 0.268. The molecular formula is C20H19FN2O5. The van der Waals surface area contributed by atoms with Crippen molar-refractivity contribution < 1.29 is 28.9 Å². The number of hydrogen-bond donors (Lipinski definition) is 3. The van der Waals surface area contributed by atoms with E-state index in [1.807, 2.05) is 12.1 Å². The number of rotatable bonds is 4. The lowest BCUT2D eigenvalue weighted by Gasteiger charge is -2.30. The number of carboxylic acid groups (broad SMARTS) is 2. The largest absolute Gasteiger partial charge is 0.473 e. The molecule has 1 aliphatic rings. The Morgan fingerprint density at radius 3 is 2.36 bits per heavy atom. The van der Waals surface area contributed by atoms with Crippen molar-refractivity contribution in [1.29, 1.82) is 5.26 Å². The first-order valence-electron chi connectivity index (χ1n) is 8.44. The molecule has 0 aliphatic carbocycles. The highest BCUT2D eigenvalue weighted by molar-refractivity contribution is 6.27. The number of ether oxygens (including phenoxy) is 1. The van der Waals surface area contributed by atoms with Crippen molar-refractivity contribution >= 4 is 11.9 Å². The van der Waals surface area contributed by atoms with Crippen LogP contribution in [0.1, 0.15) is 35.1 Å². The van der Waals surface area contributed by atoms with Crippen molar-refractivity contribution in [2.24, 2.45) is 5.73 Å². The minimum Gasteiger partial charge on any atom is -0.473 e. The fourth-order valence-electron chi connectivity index (χ4n) is 3.12. The maximum atomic E-state index is 13.2. The molecule has 2 aromatic carbocycles. The van der Waals surface area contributed by atoms with Crippen molar-refractivity contribution in [3.8, 4) is 6.07 Å². The van der Waals surface area contributed by atoms with Crippen molar-refractivity contribution in [3.63, 3.8) is 0 Å². The third-order valence-corrected chi connectivity index (χ3v) is 4.37. The highest BCUT2D eigenvalue weighted by Crippen LogP contribution is 2.45. The van der Waals surface area contributed by atoms with E-state index in [1.165, 1.54) is 12.1 Å². The SMILES string of the molecule is N#Cc1ccc2c(c1)COC2(CCCN)c1ccc(F)cc1.O=C(O)C(=O)O. The fourth-order valence-corrected chi connectivity index (χ4v) is 3.12. The van der Waals surface area contributed by atoms with Gasteiger partial charge in [-0.15, -0.1) is 0 Å². The zero-order valence-electron chi connectivity index (χ0n) is 14.9. The van der Waals surface area contributed by atoms with E-state index in [2.05, 4.69) is 6.07 Å². The minimum atomic E-state index is -1.82. The van der Waals surface area contributed by atoms with Crippen LogP contribution >= 0.6 is 0 Å². The highest BCUT2D eigenvalue weighted by Gasteiger charge is 2.41. The first-order valence-corrected chi connectivity index (χ1v) is 8.44. The van der Waals surface area contributed by atoms with Crippen LogP contribution < -0.4 is 5.73 Å². The molecule has 0 aromatic heterocycles. The number of nitriles is 1. The summed E-state index contributed by atoms with van der Waals surface area (Å²) in [5.74, 6) is -3.92. The number of benzene rings is 2. The summed E-state index contributed by atoms with van der Waals surface area (Å²) in [6.45, 7) is 1.02. The van der Waals surface area contributed by atoms with Gasteiger partial charge in [-0.3, -0.25) is 0 Å². The molecule has 0 amide bonds. The van der Waals surface area contributed by atoms with Gasteiger partial charge in [0.15, 0.2) is 0 Å². The molecule has 0 bridgehead atoms. The molecule has 1 aliphatic heterocycles. The number of hydrogen-bond acceptors (Lipinski definition) is 5. The predicted octanol–water partition coefficient (Wildman–Crippen LogP) is 2.37. The smallest absolute Gasteiger partial charge is 0.414 e. The average molecular weight is 386 g/mol. The molecule has 0 radical (unpaired) electrons. The van der Waals surface area contributed by atoms with Crippen molar-refractivity contribution in [1.82, 2.24) is 0 Å². The molecular weight excluding hydrogens is 367 g/mol. The lowest BCUT2D eigenvalue weighted by molar-refractivity contribution is -0.159. The molecule has 146 valence electrons. The van der Waals surface area contributed by atoms with Crippen LogP contribution in [0, 0.1) is 17.1 Å². The maximum absolute atomic E-state index is 13.2. The molecule has 7 nitrogen and oxygen atoms in total. The third kappa shape index (κ3) is 4.52. The number of aliphatic carboxylic acids is 2. The van der Waals surface area contributed by atoms with Gasteiger partial charge in [0.2, 0.25) is 0 Å². The Hall–Kier alpha value is -3.28. The molecule has 3 rings (SSSR count). The second kappa shape index (κ2) is 9.08. The topological polar surface area (TPSA) is 134 Å². The lowest BCUT2D eigenvalue weighted by Crippen LogP contribution is -2.28. The van der Waals surface area contributed by atoms with E-state index in [1.54, 1.807) is 18.2 Å². The summed E-state index contributed by atoms with van der Waals surface area (Å²) in [5, 5.41) is 23.8. The van der Waals surface area contributed by atoms with Crippen molar-refractivity contribution in [2.45, 2.75) is 25.0 Å². The molecule has 0 fully saturated rings. The predicted molar refractivity (Wildman–Crippen MR) is 96.7 cm³/mol. The highest BCUT2D eigenvalue weighted by atomic mass is 19.1. The zero-order valence-corrected chi connectivity index (χ0v) is 14.9. The molecule has 1 atom stereocenters. The molecule has 8 heteroatoms. The summed E-state index contributed by atoms with van der Waals surface area (Å²) in [7, 11) is 0. The monoisotopic (exact) mass is 386 g/mol. The van der Waals surface area contributed by atoms with E-state index in [0.717, 1.165) is 29.5 Å². The first-order chi connectivity index (χ1) is 13.3. The van der Waals surface area contributed by atoms with Gasteiger partial charge in [0.1, 0.15) is 11.4 Å². The second-order valence-electron chi connectivity index (χ2n) is 6.11. The van der Waals surface area contributed by atoms with Crippen LogP contribution in [0.4, 0.5) is 4.39 Å². The number of nitrogens with zero attached hydrogens (tertiary/aromatic N) is 1. The Morgan fingerprint density at radius 2 is 1.82 bits per heavy atom. The molecule has 1 unspecified atom stereocenters. The van der Waals surface area contributed by atoms with Crippen LogP contribution in [-0.2, 0) is 26.5 Å². The zero-order chi connectivity index (χ0) is 20.7. The molecule has 0 saturated carbocycles. The average Bonchev–Trinajstić information content (AvgIpc) is 3.06. The second-order valence-corrected chi connectivity index (χ2v) is 6.11. The summed E-state index contributed by atoms with van der Waals surface area (Å²) in [6, 6.07) is 14.2. The number of fused-ring (bicyclic) bond motifs is 1. The normalized spacial score (nSPS) is 17.0. The van der Waals surface area contributed by atoms with Gasteiger partial charge in [-0.05, 0) is 60.3 Å². The Labute approximate surface area is 160 Å². The summed E-state index contributed by atoms with van der Waals surface area (Å²) in [5.41, 5.74) is 8.68. The quantitative estimate of drug-likeness (QED) is 0.687. The number of carboxylic acids is 2. The Balaban J connectivity index is 0.000000409. The standard InChI is InChI=1S/C18H17FN2O.C2H2O4/c19-16-5-3-15(4-6-16)18(8-1-9-20)17-7-2-13(11-21)10-14(17)12-22-18;3-1(4)2(5)6/h2-7,10H,1,8-9,12,20H2;(H,3,4)(H,5,6). The van der Waals surface area contributed by atoms with Crippen LogP contribution in [0.3, 0.4) is 0 Å². The molecule has 28 heavy (non-hydrogen) atoms. The molecule has 0 spiro atoms. The van der Waals surface area contributed by atoms with E-state index < -0.39 is 17.5 Å². The van der Waals surface area contributed by atoms with Crippen LogP contribution in [-0.4, -0.2) is 28.7 Å². The van der Waals surface area contributed by atoms with E-state index in [9.17, 15) is 4.39 Å². The summed E-state index contributed by atoms with van der Waals surface area (Å²) >= 11 is 0. The Kier molecular flexibility index (Phi) is 6.82. The summed E-state index contributed by atoms with van der Waals surface area (Å²) in [6.07, 6.45) is 1.53. The summed E-state index contributed by atoms with van der Waals surface area (Å²) < 4.78 is 19.4. The van der Waals surface area contributed by atoms with Gasteiger partial charge in [0, 0.05) is 0 Å². The van der Waals surface area contributed by atoms with E-state index in [0.29, 0.717) is 18.7 Å². The first kappa shape index (κ1) is 21.0. The number of nitrogens with two attached hydrogens (primary N) is 1. The van der Waals surface area contributed by atoms with E-state index in [-0.39, 0.29) is 5.82 Å². The fraction of sp³-hybridized carbons (Fsp3) is 0.250. The van der Waals surface area contributed by atoms with Crippen LogP contribution in [0.15, 0.2) is 42.5 Å². The number of halogens is 1. The van der Waals surface area contributed by atoms with E-state index >= 15 is 0 Å². The molecule has 2 aromatic rings. The van der Waals surface area contributed by atoms with Crippen LogP contribution in [0.25, 0.3) is 0 Å². The van der Waals surface area contributed by atoms with Gasteiger partial charge in [-0.25, -0.2) is 14.0 Å². The summed E-state index contributed by atoms with van der Waals surface area (Å²) in [4.78, 5) is 18.2. The van der Waals surface area contributed by atoms with Gasteiger partial charge < -0.3 is 20.7 Å². The number of carbonyl (C=O) groups is 2. The molecule has 1 heterocycles. The Morgan fingerprint density at radius 1 is 1.18 bits per heavy atom. The van der Waals surface area contributed by atoms with Gasteiger partial charge >= 0.3 is 11.9 Å². The molecule has 0 saturated heterocycles. The van der Waals surface area contributed by atoms with Gasteiger partial charge in [0.05, 0.1) is 18.2 Å². The lowest BCUT2D eigenvalue weighted by atomic mass is 9.81. The van der Waals surface area contributed by atoms with Gasteiger partial charge in [-0.2, -0.15) is 5.26 Å². The van der Waals surface area contributed by atoms with Crippen LogP contribution in [0.5, 0.6) is 0 Å². The third-order valence-electron chi connectivity index (χ3n) is 4.37. The maximum Gasteiger partial charge on any atom is 0.414 e. The van der Waals surface area contributed by atoms with Crippen LogP contribution in [0.2, 0.25) is 0 Å². The molecule has 4 N–H and O–H groups in total.